The third-order valence-electron chi connectivity index (χ3n) is 9.03. The van der Waals surface area contributed by atoms with Crippen LogP contribution in [0.5, 0.6) is 0 Å². The molecule has 0 aromatic heterocycles. The predicted molar refractivity (Wildman–Crippen MR) is 144 cm³/mol. The van der Waals surface area contributed by atoms with E-state index >= 15 is 0 Å². The van der Waals surface area contributed by atoms with Crippen LogP contribution in [-0.2, 0) is 14.4 Å². The molecule has 37 heavy (non-hydrogen) atoms. The van der Waals surface area contributed by atoms with Gasteiger partial charge in [0.1, 0.15) is 11.4 Å². The molecule has 5 aliphatic heterocycles. The van der Waals surface area contributed by atoms with Crippen LogP contribution in [0.4, 0.5) is 0 Å². The smallest absolute Gasteiger partial charge is 0.225 e. The summed E-state index contributed by atoms with van der Waals surface area (Å²) in [4.78, 5) is 27.9. The van der Waals surface area contributed by atoms with Crippen molar-refractivity contribution in [1.29, 1.82) is 0 Å². The molecule has 1 amide bonds. The molecule has 1 spiro atoms. The Morgan fingerprint density at radius 1 is 1.30 bits per heavy atom. The average molecular weight is 513 g/mol. The van der Waals surface area contributed by atoms with Crippen molar-refractivity contribution in [3.8, 4) is 0 Å². The second-order valence-electron chi connectivity index (χ2n) is 11.5. The number of rotatable bonds is 6. The van der Waals surface area contributed by atoms with E-state index in [1.54, 1.807) is 7.11 Å². The number of carbonyl (C=O) groups is 1. The fraction of sp³-hybridized carbons (Fsp3) is 0.714. The lowest BCUT2D eigenvalue weighted by Gasteiger charge is -2.48. The van der Waals surface area contributed by atoms with Crippen molar-refractivity contribution in [1.82, 2.24) is 20.6 Å². The van der Waals surface area contributed by atoms with Crippen molar-refractivity contribution in [2.45, 2.75) is 57.2 Å². The molecule has 0 aliphatic carbocycles. The van der Waals surface area contributed by atoms with E-state index in [4.69, 9.17) is 20.3 Å². The highest BCUT2D eigenvalue weighted by atomic mass is 16.6. The van der Waals surface area contributed by atoms with E-state index in [1.165, 1.54) is 5.57 Å². The van der Waals surface area contributed by atoms with E-state index in [-0.39, 0.29) is 23.6 Å². The maximum atomic E-state index is 13.4. The number of nitrogens with two attached hydrogens (primary N) is 1. The number of aliphatic imine (C=N–C) groups is 1. The van der Waals surface area contributed by atoms with Crippen LogP contribution < -0.4 is 16.5 Å². The predicted octanol–water partition coefficient (Wildman–Crippen LogP) is 1.94. The molecule has 0 aromatic carbocycles. The van der Waals surface area contributed by atoms with Crippen LogP contribution in [-0.4, -0.2) is 86.1 Å². The molecule has 204 valence electrons. The first kappa shape index (κ1) is 26.6. The van der Waals surface area contributed by atoms with E-state index in [1.807, 2.05) is 0 Å². The number of amides is 1. The lowest BCUT2D eigenvalue weighted by molar-refractivity contribution is -0.143. The summed E-state index contributed by atoms with van der Waals surface area (Å²) in [6.45, 7) is 12.2. The highest BCUT2D eigenvalue weighted by Gasteiger charge is 2.47. The van der Waals surface area contributed by atoms with Crippen molar-refractivity contribution < 1.29 is 14.4 Å². The number of fused-ring (bicyclic) bond motifs is 1. The van der Waals surface area contributed by atoms with Crippen molar-refractivity contribution in [2.24, 2.45) is 28.5 Å². The van der Waals surface area contributed by atoms with Crippen LogP contribution in [0.25, 0.3) is 0 Å². The van der Waals surface area contributed by atoms with Gasteiger partial charge < -0.3 is 20.2 Å². The Morgan fingerprint density at radius 2 is 2.05 bits per heavy atom. The largest absolute Gasteiger partial charge is 0.486 e. The van der Waals surface area contributed by atoms with Gasteiger partial charge in [0.2, 0.25) is 5.91 Å². The molecular formula is C28H44N6O3. The van der Waals surface area contributed by atoms with Gasteiger partial charge in [-0.1, -0.05) is 25.2 Å². The molecule has 0 saturated carbocycles. The summed E-state index contributed by atoms with van der Waals surface area (Å²) in [6.07, 6.45) is 9.61. The third kappa shape index (κ3) is 5.86. The Labute approximate surface area is 221 Å². The van der Waals surface area contributed by atoms with E-state index in [0.29, 0.717) is 18.4 Å². The zero-order valence-corrected chi connectivity index (χ0v) is 22.5. The maximum Gasteiger partial charge on any atom is 0.225 e. The normalized spacial score (nSPS) is 30.8. The Bertz CT molecular complexity index is 959. The standard InChI is InChI=1S/C28H44N6O3/c1-19-4-5-24-25(32-19)23(17-31-36-3)16-28(37-24)9-14-34(15-10-28)27(35)21-7-12-33(13-8-21)18-22-6-11-30-26(29)20(22)2/h5-6,20-21,23,26,30-31H,1,4,7-18,29H2,2-3H3. The minimum Gasteiger partial charge on any atom is -0.486 e. The van der Waals surface area contributed by atoms with Gasteiger partial charge in [-0.3, -0.25) is 20.0 Å². The summed E-state index contributed by atoms with van der Waals surface area (Å²) in [6, 6.07) is 0. The van der Waals surface area contributed by atoms with Gasteiger partial charge in [-0.2, -0.15) is 0 Å². The molecule has 5 rings (SSSR count). The number of carbonyl (C=O) groups excluding carboxylic acids is 1. The molecule has 0 aromatic rings. The monoisotopic (exact) mass is 512 g/mol. The molecule has 0 bridgehead atoms. The van der Waals surface area contributed by atoms with Gasteiger partial charge in [-0.25, -0.2) is 5.48 Å². The zero-order valence-electron chi connectivity index (χ0n) is 22.5. The van der Waals surface area contributed by atoms with Gasteiger partial charge in [0.25, 0.3) is 0 Å². The van der Waals surface area contributed by atoms with Gasteiger partial charge in [0, 0.05) is 75.4 Å². The number of hydrogen-bond donors (Lipinski definition) is 3. The molecule has 0 radical (unpaired) electrons. The van der Waals surface area contributed by atoms with Gasteiger partial charge in [-0.15, -0.1) is 0 Å². The number of piperidine rings is 2. The number of likely N-dealkylation sites (tertiary alicyclic amines) is 2. The average Bonchev–Trinajstić information content (AvgIpc) is 2.91. The minimum absolute atomic E-state index is 0.0360. The van der Waals surface area contributed by atoms with Crippen LogP contribution in [0.2, 0.25) is 0 Å². The summed E-state index contributed by atoms with van der Waals surface area (Å²) in [5.74, 6) is 1.91. The zero-order chi connectivity index (χ0) is 26.0. The molecule has 9 heteroatoms. The third-order valence-corrected chi connectivity index (χ3v) is 9.03. The maximum absolute atomic E-state index is 13.4. The number of hydroxylamine groups is 1. The summed E-state index contributed by atoms with van der Waals surface area (Å²) in [5.41, 5.74) is 12.2. The van der Waals surface area contributed by atoms with E-state index < -0.39 is 0 Å². The number of dihydropyridines is 1. The van der Waals surface area contributed by atoms with Crippen molar-refractivity contribution in [3.63, 3.8) is 0 Å². The van der Waals surface area contributed by atoms with Crippen molar-refractivity contribution in [2.75, 3.05) is 52.9 Å². The first-order valence-corrected chi connectivity index (χ1v) is 14.0. The van der Waals surface area contributed by atoms with Crippen molar-refractivity contribution in [3.05, 3.63) is 35.8 Å². The lowest BCUT2D eigenvalue weighted by Crippen LogP contribution is -2.54. The Kier molecular flexibility index (Phi) is 8.16. The van der Waals surface area contributed by atoms with Gasteiger partial charge in [-0.05, 0) is 38.4 Å². The molecular weight excluding hydrogens is 468 g/mol. The van der Waals surface area contributed by atoms with Crippen LogP contribution in [0.15, 0.2) is 40.8 Å². The number of ether oxygens (including phenoxy) is 1. The summed E-state index contributed by atoms with van der Waals surface area (Å²) >= 11 is 0. The second kappa shape index (κ2) is 11.4. The summed E-state index contributed by atoms with van der Waals surface area (Å²) in [5, 5.41) is 3.31. The van der Waals surface area contributed by atoms with Crippen LogP contribution in [0, 0.1) is 17.8 Å². The molecule has 4 N–H and O–H groups in total. The molecule has 5 heterocycles. The Balaban J connectivity index is 1.13. The molecule has 5 aliphatic rings. The topological polar surface area (TPSA) is 104 Å². The van der Waals surface area contributed by atoms with E-state index in [9.17, 15) is 4.79 Å². The fourth-order valence-corrected chi connectivity index (χ4v) is 6.57. The Morgan fingerprint density at radius 3 is 2.78 bits per heavy atom. The van der Waals surface area contributed by atoms with Crippen LogP contribution in [0.1, 0.15) is 45.4 Å². The highest BCUT2D eigenvalue weighted by Crippen LogP contribution is 2.42. The quantitative estimate of drug-likeness (QED) is 0.369. The van der Waals surface area contributed by atoms with Crippen molar-refractivity contribution >= 4 is 11.6 Å². The lowest BCUT2D eigenvalue weighted by atomic mass is 9.77. The molecule has 3 atom stereocenters. The summed E-state index contributed by atoms with van der Waals surface area (Å²) in [7, 11) is 1.64. The second-order valence-corrected chi connectivity index (χ2v) is 11.5. The number of nitrogens with one attached hydrogen (secondary N) is 2. The highest BCUT2D eigenvalue weighted by molar-refractivity contribution is 6.02. The van der Waals surface area contributed by atoms with Gasteiger partial charge in [0.15, 0.2) is 0 Å². The minimum atomic E-state index is -0.246. The van der Waals surface area contributed by atoms with Gasteiger partial charge in [0.05, 0.1) is 19.0 Å². The number of allylic oxidation sites excluding steroid dienone is 2. The number of nitrogens with zero attached hydrogens (tertiary/aromatic N) is 3. The van der Waals surface area contributed by atoms with Gasteiger partial charge >= 0.3 is 0 Å². The number of hydrogen-bond acceptors (Lipinski definition) is 8. The molecule has 3 unspecified atom stereocenters. The molecule has 3 saturated heterocycles. The van der Waals surface area contributed by atoms with E-state index in [0.717, 1.165) is 95.0 Å². The van der Waals surface area contributed by atoms with Crippen LogP contribution in [0.3, 0.4) is 0 Å². The fourth-order valence-electron chi connectivity index (χ4n) is 6.57. The van der Waals surface area contributed by atoms with Crippen LogP contribution >= 0.6 is 0 Å². The Hall–Kier alpha value is -2.04. The first-order valence-electron chi connectivity index (χ1n) is 14.0. The summed E-state index contributed by atoms with van der Waals surface area (Å²) < 4.78 is 6.61. The van der Waals surface area contributed by atoms with E-state index in [2.05, 4.69) is 46.3 Å². The first-order chi connectivity index (χ1) is 17.9. The SMILES string of the molecule is C=C1CC=C2OC3(CCN(C(=O)C4CCN(CC5=CCNC(N)C5C)CC4)CC3)CC(CNOC)C2=N1. The molecule has 9 nitrogen and oxygen atoms in total. The molecule has 3 fully saturated rings.